The number of carbonyl (C=O) groups excluding carboxylic acids is 1. The number of anilines is 1. The van der Waals surface area contributed by atoms with Crippen LogP contribution in [0.1, 0.15) is 25.3 Å². The maximum Gasteiger partial charge on any atom is 0.241 e. The molecule has 0 heterocycles. The lowest BCUT2D eigenvalue weighted by Gasteiger charge is -2.15. The third-order valence-corrected chi connectivity index (χ3v) is 4.84. The van der Waals surface area contributed by atoms with Crippen LogP contribution >= 0.6 is 0 Å². The van der Waals surface area contributed by atoms with Crippen molar-refractivity contribution >= 4 is 21.6 Å². The van der Waals surface area contributed by atoms with Crippen molar-refractivity contribution in [3.05, 3.63) is 23.5 Å². The fraction of sp³-hybridized carbons (Fsp3) is 0.462. The Labute approximate surface area is 123 Å². The molecule has 1 atom stereocenters. The number of carbonyl (C=O) groups is 1. The molecule has 0 spiro atoms. The Kier molecular flexibility index (Phi) is 4.20. The largest absolute Gasteiger partial charge is 0.398 e. The van der Waals surface area contributed by atoms with Gasteiger partial charge in [-0.05, 0) is 38.8 Å². The lowest BCUT2D eigenvalue weighted by atomic mass is 10.2. The highest BCUT2D eigenvalue weighted by atomic mass is 32.2. The van der Waals surface area contributed by atoms with E-state index in [1.54, 1.807) is 0 Å². The number of nitrogens with two attached hydrogens (primary N) is 1. The summed E-state index contributed by atoms with van der Waals surface area (Å²) >= 11 is 0. The Morgan fingerprint density at radius 3 is 2.57 bits per heavy atom. The SMILES string of the molecule is Cc1c(N)cc(S(=O)(=O)NC(C)C(=O)NC2CC2)cc1F. The van der Waals surface area contributed by atoms with Gasteiger partial charge < -0.3 is 11.1 Å². The van der Waals surface area contributed by atoms with Crippen LogP contribution in [0.3, 0.4) is 0 Å². The van der Waals surface area contributed by atoms with Crippen LogP contribution in [-0.2, 0) is 14.8 Å². The van der Waals surface area contributed by atoms with E-state index in [2.05, 4.69) is 10.0 Å². The standard InChI is InChI=1S/C13H18FN3O3S/c1-7-11(14)5-10(6-12(7)15)21(19,20)17-8(2)13(18)16-9-3-4-9/h5-6,8-9,17H,3-4,15H2,1-2H3,(H,16,18). The lowest BCUT2D eigenvalue weighted by molar-refractivity contribution is -0.122. The van der Waals surface area contributed by atoms with Crippen LogP contribution in [0, 0.1) is 12.7 Å². The summed E-state index contributed by atoms with van der Waals surface area (Å²) in [4.78, 5) is 11.5. The van der Waals surface area contributed by atoms with Gasteiger partial charge in [-0.25, -0.2) is 12.8 Å². The number of nitrogen functional groups attached to an aromatic ring is 1. The molecule has 6 nitrogen and oxygen atoms in total. The molecule has 1 amide bonds. The van der Waals surface area contributed by atoms with Gasteiger partial charge in [0.1, 0.15) is 5.82 Å². The van der Waals surface area contributed by atoms with Crippen LogP contribution in [0.4, 0.5) is 10.1 Å². The second-order valence-electron chi connectivity index (χ2n) is 5.25. The predicted molar refractivity (Wildman–Crippen MR) is 76.5 cm³/mol. The number of nitrogens with one attached hydrogen (secondary N) is 2. The van der Waals surface area contributed by atoms with Gasteiger partial charge in [-0.2, -0.15) is 4.72 Å². The van der Waals surface area contributed by atoms with Crippen molar-refractivity contribution in [2.75, 3.05) is 5.73 Å². The van der Waals surface area contributed by atoms with Crippen LogP contribution in [0.2, 0.25) is 0 Å². The van der Waals surface area contributed by atoms with E-state index in [0.717, 1.165) is 18.9 Å². The van der Waals surface area contributed by atoms with Crippen molar-refractivity contribution < 1.29 is 17.6 Å². The Balaban J connectivity index is 2.15. The van der Waals surface area contributed by atoms with Gasteiger partial charge >= 0.3 is 0 Å². The topological polar surface area (TPSA) is 101 Å². The zero-order chi connectivity index (χ0) is 15.8. The molecule has 1 aromatic carbocycles. The number of amides is 1. The minimum atomic E-state index is -4.01. The van der Waals surface area contributed by atoms with Crippen LogP contribution in [0.15, 0.2) is 17.0 Å². The highest BCUT2D eigenvalue weighted by molar-refractivity contribution is 7.89. The maximum absolute atomic E-state index is 13.6. The molecular weight excluding hydrogens is 297 g/mol. The first-order chi connectivity index (χ1) is 9.70. The number of benzene rings is 1. The van der Waals surface area contributed by atoms with E-state index < -0.39 is 27.8 Å². The summed E-state index contributed by atoms with van der Waals surface area (Å²) in [6, 6.07) is 1.25. The highest BCUT2D eigenvalue weighted by Crippen LogP contribution is 2.21. The van der Waals surface area contributed by atoms with Crippen LogP contribution < -0.4 is 15.8 Å². The van der Waals surface area contributed by atoms with Gasteiger partial charge in [-0.1, -0.05) is 0 Å². The summed E-state index contributed by atoms with van der Waals surface area (Å²) in [5.74, 6) is -1.10. The molecule has 0 saturated heterocycles. The van der Waals surface area contributed by atoms with E-state index in [-0.39, 0.29) is 22.2 Å². The molecular formula is C13H18FN3O3S. The van der Waals surface area contributed by atoms with E-state index in [0.29, 0.717) is 0 Å². The third kappa shape index (κ3) is 3.70. The van der Waals surface area contributed by atoms with E-state index in [4.69, 9.17) is 5.73 Å². The first-order valence-corrected chi connectivity index (χ1v) is 8.07. The summed E-state index contributed by atoms with van der Waals surface area (Å²) in [6.07, 6.45) is 1.82. The number of halogens is 1. The molecule has 0 bridgehead atoms. The van der Waals surface area contributed by atoms with Crippen molar-refractivity contribution in [1.29, 1.82) is 0 Å². The van der Waals surface area contributed by atoms with E-state index in [9.17, 15) is 17.6 Å². The minimum absolute atomic E-state index is 0.0467. The van der Waals surface area contributed by atoms with Crippen molar-refractivity contribution in [3.63, 3.8) is 0 Å². The second kappa shape index (κ2) is 5.61. The predicted octanol–water partition coefficient (Wildman–Crippen LogP) is 0.662. The van der Waals surface area contributed by atoms with Crippen LogP contribution in [0.5, 0.6) is 0 Å². The molecule has 0 aromatic heterocycles. The average molecular weight is 315 g/mol. The molecule has 8 heteroatoms. The fourth-order valence-electron chi connectivity index (χ4n) is 1.74. The average Bonchev–Trinajstić information content (AvgIpc) is 3.18. The number of hydrogen-bond donors (Lipinski definition) is 3. The first kappa shape index (κ1) is 15.7. The van der Waals surface area contributed by atoms with Gasteiger partial charge in [0, 0.05) is 17.3 Å². The van der Waals surface area contributed by atoms with Gasteiger partial charge in [0.25, 0.3) is 0 Å². The normalized spacial score (nSPS) is 16.5. The molecule has 4 N–H and O–H groups in total. The maximum atomic E-state index is 13.6. The summed E-state index contributed by atoms with van der Waals surface area (Å²) in [7, 11) is -4.01. The van der Waals surface area contributed by atoms with Crippen molar-refractivity contribution in [1.82, 2.24) is 10.0 Å². The Morgan fingerprint density at radius 2 is 2.05 bits per heavy atom. The molecule has 1 saturated carbocycles. The lowest BCUT2D eigenvalue weighted by Crippen LogP contribution is -2.45. The molecule has 2 rings (SSSR count). The van der Waals surface area contributed by atoms with Gasteiger partial charge in [-0.3, -0.25) is 4.79 Å². The number of rotatable bonds is 5. The Morgan fingerprint density at radius 1 is 1.43 bits per heavy atom. The minimum Gasteiger partial charge on any atom is -0.398 e. The van der Waals surface area contributed by atoms with Gasteiger partial charge in [0.15, 0.2) is 0 Å². The molecule has 0 radical (unpaired) electrons. The summed E-state index contributed by atoms with van der Waals surface area (Å²) in [5, 5.41) is 2.69. The van der Waals surface area contributed by atoms with Crippen LogP contribution in [-0.4, -0.2) is 26.4 Å². The summed E-state index contributed by atoms with van der Waals surface area (Å²) in [6.45, 7) is 2.89. The highest BCUT2D eigenvalue weighted by Gasteiger charge is 2.28. The quantitative estimate of drug-likeness (QED) is 0.695. The zero-order valence-corrected chi connectivity index (χ0v) is 12.6. The monoisotopic (exact) mass is 315 g/mol. The molecule has 116 valence electrons. The molecule has 1 fully saturated rings. The van der Waals surface area contributed by atoms with Crippen molar-refractivity contribution in [2.45, 2.75) is 43.7 Å². The number of hydrogen-bond acceptors (Lipinski definition) is 4. The van der Waals surface area contributed by atoms with E-state index in [1.165, 1.54) is 19.9 Å². The number of sulfonamides is 1. The molecule has 21 heavy (non-hydrogen) atoms. The Bertz CT molecular complexity index is 648. The van der Waals surface area contributed by atoms with Gasteiger partial charge in [-0.15, -0.1) is 0 Å². The smallest absolute Gasteiger partial charge is 0.241 e. The van der Waals surface area contributed by atoms with E-state index in [1.807, 2.05) is 0 Å². The Hall–Kier alpha value is -1.67. The molecule has 1 aromatic rings. The van der Waals surface area contributed by atoms with Crippen molar-refractivity contribution in [2.24, 2.45) is 0 Å². The summed E-state index contributed by atoms with van der Waals surface area (Å²) < 4.78 is 40.1. The molecule has 1 unspecified atom stereocenters. The van der Waals surface area contributed by atoms with Crippen LogP contribution in [0.25, 0.3) is 0 Å². The summed E-state index contributed by atoms with van der Waals surface area (Å²) in [5.41, 5.74) is 5.81. The second-order valence-corrected chi connectivity index (χ2v) is 6.96. The fourth-order valence-corrected chi connectivity index (χ4v) is 2.99. The molecule has 1 aliphatic rings. The molecule has 0 aliphatic heterocycles. The zero-order valence-electron chi connectivity index (χ0n) is 11.8. The van der Waals surface area contributed by atoms with Gasteiger partial charge in [0.05, 0.1) is 10.9 Å². The third-order valence-electron chi connectivity index (χ3n) is 3.32. The molecule has 1 aliphatic carbocycles. The van der Waals surface area contributed by atoms with Crippen molar-refractivity contribution in [3.8, 4) is 0 Å². The van der Waals surface area contributed by atoms with Gasteiger partial charge in [0.2, 0.25) is 15.9 Å². The first-order valence-electron chi connectivity index (χ1n) is 6.59. The van der Waals surface area contributed by atoms with E-state index >= 15 is 0 Å².